The molecule has 1 heterocycles. The normalized spacial score (nSPS) is 12.1. The zero-order chi connectivity index (χ0) is 15.8. The number of aliphatic hydroxyl groups excluding tert-OH is 1. The number of hydrogen-bond donors (Lipinski definition) is 3. The molecule has 6 heteroatoms. The average Bonchev–Trinajstić information content (AvgIpc) is 2.45. The molecule has 1 aromatic heterocycles. The van der Waals surface area contributed by atoms with Crippen molar-refractivity contribution < 1.29 is 9.90 Å². The standard InChI is InChI=1S/C15H26N4O2/c1-11(2)13(8-9-20)18-15(21)16-10-12-6-5-7-14(17-12)19(3)4/h5-7,11,13,20H,8-10H2,1-4H3,(H2,16,18,21). The molecule has 0 radical (unpaired) electrons. The number of carbonyl (C=O) groups excluding carboxylic acids is 1. The van der Waals surface area contributed by atoms with Crippen LogP contribution in [0.2, 0.25) is 0 Å². The van der Waals surface area contributed by atoms with Gasteiger partial charge in [0.1, 0.15) is 5.82 Å². The molecule has 0 aliphatic heterocycles. The van der Waals surface area contributed by atoms with Crippen molar-refractivity contribution >= 4 is 11.8 Å². The lowest BCUT2D eigenvalue weighted by atomic mass is 10.0. The Bertz CT molecular complexity index is 449. The van der Waals surface area contributed by atoms with E-state index >= 15 is 0 Å². The third-order valence-corrected chi connectivity index (χ3v) is 3.24. The largest absolute Gasteiger partial charge is 0.396 e. The summed E-state index contributed by atoms with van der Waals surface area (Å²) in [5, 5.41) is 14.7. The zero-order valence-electron chi connectivity index (χ0n) is 13.3. The maximum atomic E-state index is 11.9. The van der Waals surface area contributed by atoms with Gasteiger partial charge >= 0.3 is 6.03 Å². The van der Waals surface area contributed by atoms with Crippen LogP contribution in [0, 0.1) is 5.92 Å². The molecule has 1 aromatic rings. The Balaban J connectivity index is 2.50. The summed E-state index contributed by atoms with van der Waals surface area (Å²) >= 11 is 0. The van der Waals surface area contributed by atoms with E-state index in [1.54, 1.807) is 0 Å². The molecule has 1 unspecified atom stereocenters. The van der Waals surface area contributed by atoms with Crippen LogP contribution in [0.3, 0.4) is 0 Å². The number of urea groups is 1. The summed E-state index contributed by atoms with van der Waals surface area (Å²) in [6.07, 6.45) is 0.555. The van der Waals surface area contributed by atoms with E-state index in [4.69, 9.17) is 5.11 Å². The van der Waals surface area contributed by atoms with Crippen molar-refractivity contribution in [2.24, 2.45) is 5.92 Å². The fourth-order valence-corrected chi connectivity index (χ4v) is 1.92. The molecular formula is C15H26N4O2. The van der Waals surface area contributed by atoms with E-state index in [-0.39, 0.29) is 24.6 Å². The number of aromatic nitrogens is 1. The smallest absolute Gasteiger partial charge is 0.315 e. The van der Waals surface area contributed by atoms with Gasteiger partial charge in [0, 0.05) is 26.7 Å². The molecule has 1 atom stereocenters. The minimum absolute atomic E-state index is 0.0314. The second kappa shape index (κ2) is 8.46. The van der Waals surface area contributed by atoms with Crippen molar-refractivity contribution in [3.63, 3.8) is 0 Å². The molecule has 2 amide bonds. The number of rotatable bonds is 7. The van der Waals surface area contributed by atoms with Crippen LogP contribution < -0.4 is 15.5 Å². The Labute approximate surface area is 126 Å². The number of aliphatic hydroxyl groups is 1. The van der Waals surface area contributed by atoms with Gasteiger partial charge in [0.25, 0.3) is 0 Å². The van der Waals surface area contributed by atoms with Crippen molar-refractivity contribution in [1.82, 2.24) is 15.6 Å². The molecule has 0 aliphatic rings. The first-order valence-corrected chi connectivity index (χ1v) is 7.22. The van der Waals surface area contributed by atoms with Crippen molar-refractivity contribution in [3.05, 3.63) is 23.9 Å². The van der Waals surface area contributed by atoms with Gasteiger partial charge in [-0.15, -0.1) is 0 Å². The molecule has 3 N–H and O–H groups in total. The Hall–Kier alpha value is -1.82. The molecular weight excluding hydrogens is 268 g/mol. The molecule has 0 saturated carbocycles. The van der Waals surface area contributed by atoms with Gasteiger partial charge in [0.2, 0.25) is 0 Å². The van der Waals surface area contributed by atoms with E-state index in [9.17, 15) is 4.79 Å². The predicted octanol–water partition coefficient (Wildman–Crippen LogP) is 1.35. The molecule has 0 aliphatic carbocycles. The number of nitrogens with one attached hydrogen (secondary N) is 2. The van der Waals surface area contributed by atoms with E-state index in [0.717, 1.165) is 11.5 Å². The van der Waals surface area contributed by atoms with Crippen LogP contribution in [0.5, 0.6) is 0 Å². The molecule has 0 saturated heterocycles. The summed E-state index contributed by atoms with van der Waals surface area (Å²) in [4.78, 5) is 18.2. The number of nitrogens with zero attached hydrogens (tertiary/aromatic N) is 2. The van der Waals surface area contributed by atoms with E-state index in [1.165, 1.54) is 0 Å². The highest BCUT2D eigenvalue weighted by Gasteiger charge is 2.15. The van der Waals surface area contributed by atoms with Crippen LogP contribution in [0.15, 0.2) is 18.2 Å². The van der Waals surface area contributed by atoms with Gasteiger partial charge in [0.15, 0.2) is 0 Å². The number of anilines is 1. The fourth-order valence-electron chi connectivity index (χ4n) is 1.92. The fraction of sp³-hybridized carbons (Fsp3) is 0.600. The Morgan fingerprint density at radius 3 is 2.67 bits per heavy atom. The van der Waals surface area contributed by atoms with Crippen molar-refractivity contribution in [1.29, 1.82) is 0 Å². The number of pyridine rings is 1. The summed E-state index contributed by atoms with van der Waals surface area (Å²) < 4.78 is 0. The molecule has 21 heavy (non-hydrogen) atoms. The lowest BCUT2D eigenvalue weighted by Crippen LogP contribution is -2.44. The van der Waals surface area contributed by atoms with Crippen LogP contribution in [0.4, 0.5) is 10.6 Å². The SMILES string of the molecule is CC(C)C(CCO)NC(=O)NCc1cccc(N(C)C)n1. The molecule has 0 spiro atoms. The van der Waals surface area contributed by atoms with E-state index in [2.05, 4.69) is 15.6 Å². The average molecular weight is 294 g/mol. The lowest BCUT2D eigenvalue weighted by molar-refractivity contribution is 0.218. The van der Waals surface area contributed by atoms with Gasteiger partial charge in [-0.2, -0.15) is 0 Å². The maximum absolute atomic E-state index is 11.9. The van der Waals surface area contributed by atoms with Gasteiger partial charge in [-0.1, -0.05) is 19.9 Å². The van der Waals surface area contributed by atoms with Crippen LogP contribution in [-0.4, -0.2) is 42.9 Å². The first-order valence-electron chi connectivity index (χ1n) is 7.22. The molecule has 0 aromatic carbocycles. The predicted molar refractivity (Wildman–Crippen MR) is 84.3 cm³/mol. The third kappa shape index (κ3) is 5.99. The van der Waals surface area contributed by atoms with E-state index in [0.29, 0.717) is 13.0 Å². The third-order valence-electron chi connectivity index (χ3n) is 3.24. The Kier molecular flexibility index (Phi) is 6.94. The summed E-state index contributed by atoms with van der Waals surface area (Å²) in [7, 11) is 3.85. The highest BCUT2D eigenvalue weighted by molar-refractivity contribution is 5.74. The Morgan fingerprint density at radius 1 is 1.38 bits per heavy atom. The van der Waals surface area contributed by atoms with Gasteiger partial charge in [0.05, 0.1) is 12.2 Å². The summed E-state index contributed by atoms with van der Waals surface area (Å²) in [6, 6.07) is 5.44. The first-order chi connectivity index (χ1) is 9.93. The summed E-state index contributed by atoms with van der Waals surface area (Å²) in [5.74, 6) is 1.13. The van der Waals surface area contributed by atoms with Crippen molar-refractivity contribution in [3.8, 4) is 0 Å². The van der Waals surface area contributed by atoms with Gasteiger partial charge in [-0.05, 0) is 24.5 Å². The van der Waals surface area contributed by atoms with Crippen molar-refractivity contribution in [2.45, 2.75) is 32.9 Å². The minimum Gasteiger partial charge on any atom is -0.396 e. The van der Waals surface area contributed by atoms with Crippen LogP contribution in [0.1, 0.15) is 26.0 Å². The quantitative estimate of drug-likeness (QED) is 0.709. The molecule has 0 bridgehead atoms. The second-order valence-electron chi connectivity index (χ2n) is 5.57. The topological polar surface area (TPSA) is 77.5 Å². The highest BCUT2D eigenvalue weighted by atomic mass is 16.3. The van der Waals surface area contributed by atoms with Crippen LogP contribution in [-0.2, 0) is 6.54 Å². The van der Waals surface area contributed by atoms with Crippen LogP contribution >= 0.6 is 0 Å². The molecule has 118 valence electrons. The Morgan fingerprint density at radius 2 is 2.10 bits per heavy atom. The lowest BCUT2D eigenvalue weighted by Gasteiger charge is -2.21. The second-order valence-corrected chi connectivity index (χ2v) is 5.57. The molecule has 6 nitrogen and oxygen atoms in total. The first kappa shape index (κ1) is 17.2. The van der Waals surface area contributed by atoms with Crippen LogP contribution in [0.25, 0.3) is 0 Å². The number of amides is 2. The molecule has 0 fully saturated rings. The summed E-state index contributed by atoms with van der Waals surface area (Å²) in [5.41, 5.74) is 0.805. The summed E-state index contributed by atoms with van der Waals surface area (Å²) in [6.45, 7) is 4.47. The molecule has 1 rings (SSSR count). The van der Waals surface area contributed by atoms with Crippen molar-refractivity contribution in [2.75, 3.05) is 25.6 Å². The van der Waals surface area contributed by atoms with Gasteiger partial charge < -0.3 is 20.6 Å². The monoisotopic (exact) mass is 294 g/mol. The maximum Gasteiger partial charge on any atom is 0.315 e. The van der Waals surface area contributed by atoms with E-state index < -0.39 is 0 Å². The number of hydrogen-bond acceptors (Lipinski definition) is 4. The zero-order valence-corrected chi connectivity index (χ0v) is 13.3. The van der Waals surface area contributed by atoms with Gasteiger partial charge in [-0.3, -0.25) is 0 Å². The number of carbonyl (C=O) groups is 1. The minimum atomic E-state index is -0.237. The van der Waals surface area contributed by atoms with E-state index in [1.807, 2.05) is 51.0 Å². The highest BCUT2D eigenvalue weighted by Crippen LogP contribution is 2.08. The van der Waals surface area contributed by atoms with Gasteiger partial charge in [-0.25, -0.2) is 9.78 Å².